The van der Waals surface area contributed by atoms with Crippen molar-refractivity contribution >= 4 is 15.9 Å². The summed E-state index contributed by atoms with van der Waals surface area (Å²) in [4.78, 5) is 0. The van der Waals surface area contributed by atoms with E-state index >= 15 is 0 Å². The number of alkyl halides is 1. The first-order valence-electron chi connectivity index (χ1n) is 5.04. The maximum absolute atomic E-state index is 3.98. The van der Waals surface area contributed by atoms with Crippen molar-refractivity contribution < 1.29 is 0 Å². The van der Waals surface area contributed by atoms with E-state index in [2.05, 4.69) is 62.5 Å². The second-order valence-electron chi connectivity index (χ2n) is 4.33. The lowest BCUT2D eigenvalue weighted by Crippen LogP contribution is -2.18. The van der Waals surface area contributed by atoms with Crippen molar-refractivity contribution in [1.29, 1.82) is 0 Å². The Morgan fingerprint density at radius 2 is 2.19 bits per heavy atom. The Morgan fingerprint density at radius 1 is 1.38 bits per heavy atom. The molecule has 0 amide bonds. The lowest BCUT2D eigenvalue weighted by Gasteiger charge is -2.22. The SMILES string of the molecule is CC(C)(CBr)c1cccc(-c2nn[nH]n2)c1. The molecule has 5 heteroatoms. The summed E-state index contributed by atoms with van der Waals surface area (Å²) in [6, 6.07) is 8.22. The van der Waals surface area contributed by atoms with Gasteiger partial charge in [-0.2, -0.15) is 5.21 Å². The normalized spacial score (nSPS) is 11.7. The van der Waals surface area contributed by atoms with Crippen molar-refractivity contribution in [3.63, 3.8) is 0 Å². The quantitative estimate of drug-likeness (QED) is 0.880. The van der Waals surface area contributed by atoms with Crippen molar-refractivity contribution in [3.8, 4) is 11.4 Å². The highest BCUT2D eigenvalue weighted by Gasteiger charge is 2.19. The van der Waals surface area contributed by atoms with Gasteiger partial charge in [-0.3, -0.25) is 0 Å². The zero-order chi connectivity index (χ0) is 11.6. The highest BCUT2D eigenvalue weighted by molar-refractivity contribution is 9.09. The molecular weight excluding hydrogens is 268 g/mol. The van der Waals surface area contributed by atoms with Crippen molar-refractivity contribution in [2.24, 2.45) is 0 Å². The molecule has 0 radical (unpaired) electrons. The van der Waals surface area contributed by atoms with Crippen LogP contribution in [0.4, 0.5) is 0 Å². The van der Waals surface area contributed by atoms with Crippen LogP contribution >= 0.6 is 15.9 Å². The number of halogens is 1. The fourth-order valence-corrected chi connectivity index (χ4v) is 1.76. The molecule has 1 heterocycles. The molecule has 0 saturated carbocycles. The Hall–Kier alpha value is -1.23. The monoisotopic (exact) mass is 280 g/mol. The van der Waals surface area contributed by atoms with Gasteiger partial charge in [-0.25, -0.2) is 0 Å². The number of aromatic nitrogens is 4. The molecule has 2 rings (SSSR count). The number of nitrogens with zero attached hydrogens (tertiary/aromatic N) is 3. The largest absolute Gasteiger partial charge is 0.204 e. The lowest BCUT2D eigenvalue weighted by atomic mass is 9.86. The Balaban J connectivity index is 2.41. The van der Waals surface area contributed by atoms with Crippen molar-refractivity contribution in [3.05, 3.63) is 29.8 Å². The van der Waals surface area contributed by atoms with E-state index in [1.165, 1.54) is 5.56 Å². The third-order valence-corrected chi connectivity index (χ3v) is 3.98. The summed E-state index contributed by atoms with van der Waals surface area (Å²) in [6.45, 7) is 4.38. The van der Waals surface area contributed by atoms with Gasteiger partial charge in [-0.15, -0.1) is 10.2 Å². The molecule has 2 aromatic rings. The third kappa shape index (κ3) is 2.14. The van der Waals surface area contributed by atoms with Crippen LogP contribution in [0.1, 0.15) is 19.4 Å². The fraction of sp³-hybridized carbons (Fsp3) is 0.364. The number of tetrazole rings is 1. The van der Waals surface area contributed by atoms with Crippen LogP contribution in [0.5, 0.6) is 0 Å². The van der Waals surface area contributed by atoms with Crippen LogP contribution in [0.15, 0.2) is 24.3 Å². The maximum Gasteiger partial charge on any atom is 0.204 e. The predicted octanol–water partition coefficient (Wildman–Crippen LogP) is 2.54. The van der Waals surface area contributed by atoms with Crippen LogP contribution in [-0.4, -0.2) is 26.0 Å². The van der Waals surface area contributed by atoms with Gasteiger partial charge in [0.05, 0.1) is 0 Å². The minimum absolute atomic E-state index is 0.0970. The predicted molar refractivity (Wildman–Crippen MR) is 66.4 cm³/mol. The number of hydrogen-bond acceptors (Lipinski definition) is 3. The van der Waals surface area contributed by atoms with E-state index < -0.39 is 0 Å². The molecule has 0 unspecified atom stereocenters. The maximum atomic E-state index is 3.98. The third-order valence-electron chi connectivity index (χ3n) is 2.58. The Kier molecular flexibility index (Phi) is 3.05. The average molecular weight is 281 g/mol. The van der Waals surface area contributed by atoms with E-state index in [4.69, 9.17) is 0 Å². The minimum Gasteiger partial charge on any atom is -0.177 e. The molecule has 0 aliphatic heterocycles. The zero-order valence-corrected chi connectivity index (χ0v) is 10.8. The molecule has 0 atom stereocenters. The van der Waals surface area contributed by atoms with Gasteiger partial charge < -0.3 is 0 Å². The van der Waals surface area contributed by atoms with Gasteiger partial charge in [-0.1, -0.05) is 48.0 Å². The van der Waals surface area contributed by atoms with Gasteiger partial charge >= 0.3 is 0 Å². The minimum atomic E-state index is 0.0970. The fourth-order valence-electron chi connectivity index (χ4n) is 1.44. The first-order valence-corrected chi connectivity index (χ1v) is 6.16. The number of aromatic amines is 1. The highest BCUT2D eigenvalue weighted by Crippen LogP contribution is 2.27. The average Bonchev–Trinajstić information content (AvgIpc) is 2.83. The van der Waals surface area contributed by atoms with Gasteiger partial charge in [0.1, 0.15) is 0 Å². The number of H-pyrrole nitrogens is 1. The smallest absolute Gasteiger partial charge is 0.177 e. The van der Waals surface area contributed by atoms with Gasteiger partial charge in [0.15, 0.2) is 0 Å². The molecule has 16 heavy (non-hydrogen) atoms. The van der Waals surface area contributed by atoms with Gasteiger partial charge in [0.25, 0.3) is 0 Å². The molecule has 0 aliphatic rings. The summed E-state index contributed by atoms with van der Waals surface area (Å²) >= 11 is 3.53. The summed E-state index contributed by atoms with van der Waals surface area (Å²) in [5.74, 6) is 0.632. The van der Waals surface area contributed by atoms with Crippen molar-refractivity contribution in [1.82, 2.24) is 20.6 Å². The highest BCUT2D eigenvalue weighted by atomic mass is 79.9. The summed E-state index contributed by atoms with van der Waals surface area (Å²) in [5, 5.41) is 14.9. The van der Waals surface area contributed by atoms with E-state index in [-0.39, 0.29) is 5.41 Å². The number of hydrogen-bond donors (Lipinski definition) is 1. The molecule has 1 aromatic heterocycles. The molecule has 0 bridgehead atoms. The molecule has 1 N–H and O–H groups in total. The van der Waals surface area contributed by atoms with Crippen LogP contribution in [-0.2, 0) is 5.41 Å². The molecule has 84 valence electrons. The van der Waals surface area contributed by atoms with Gasteiger partial charge in [0.2, 0.25) is 5.82 Å². The Bertz CT molecular complexity index is 465. The van der Waals surface area contributed by atoms with Crippen LogP contribution in [0.3, 0.4) is 0 Å². The van der Waals surface area contributed by atoms with Crippen LogP contribution < -0.4 is 0 Å². The summed E-state index contributed by atoms with van der Waals surface area (Å²) in [6.07, 6.45) is 0. The van der Waals surface area contributed by atoms with Crippen LogP contribution in [0, 0.1) is 0 Å². The molecular formula is C11H13BrN4. The molecule has 0 spiro atoms. The van der Waals surface area contributed by atoms with E-state index in [0.29, 0.717) is 5.82 Å². The Morgan fingerprint density at radius 3 is 2.81 bits per heavy atom. The van der Waals surface area contributed by atoms with E-state index in [9.17, 15) is 0 Å². The lowest BCUT2D eigenvalue weighted by molar-refractivity contribution is 0.607. The Labute approximate surface area is 103 Å². The summed E-state index contributed by atoms with van der Waals surface area (Å²) in [7, 11) is 0. The first-order chi connectivity index (χ1) is 7.63. The second-order valence-corrected chi connectivity index (χ2v) is 4.89. The zero-order valence-electron chi connectivity index (χ0n) is 9.24. The molecule has 0 aliphatic carbocycles. The number of nitrogens with one attached hydrogen (secondary N) is 1. The number of benzene rings is 1. The van der Waals surface area contributed by atoms with E-state index in [1.807, 2.05) is 12.1 Å². The molecule has 1 aromatic carbocycles. The summed E-state index contributed by atoms with van der Waals surface area (Å²) in [5.41, 5.74) is 2.34. The molecule has 0 fully saturated rings. The molecule has 0 saturated heterocycles. The van der Waals surface area contributed by atoms with Crippen LogP contribution in [0.25, 0.3) is 11.4 Å². The van der Waals surface area contributed by atoms with Crippen molar-refractivity contribution in [2.75, 3.05) is 5.33 Å². The van der Waals surface area contributed by atoms with E-state index in [0.717, 1.165) is 10.9 Å². The second kappa shape index (κ2) is 4.33. The molecule has 4 nitrogen and oxygen atoms in total. The first kappa shape index (κ1) is 11.3. The summed E-state index contributed by atoms with van der Waals surface area (Å²) < 4.78 is 0. The van der Waals surface area contributed by atoms with E-state index in [1.54, 1.807) is 0 Å². The van der Waals surface area contributed by atoms with Gasteiger partial charge in [0, 0.05) is 10.9 Å². The van der Waals surface area contributed by atoms with Gasteiger partial charge in [-0.05, 0) is 22.3 Å². The van der Waals surface area contributed by atoms with Crippen LogP contribution in [0.2, 0.25) is 0 Å². The van der Waals surface area contributed by atoms with Crippen molar-refractivity contribution in [2.45, 2.75) is 19.3 Å². The topological polar surface area (TPSA) is 54.5 Å². The standard InChI is InChI=1S/C11H13BrN4/c1-11(2,7-12)9-5-3-4-8(6-9)10-13-15-16-14-10/h3-6H,7H2,1-2H3,(H,13,14,15,16). The number of rotatable bonds is 3.